The predicted octanol–water partition coefficient (Wildman–Crippen LogP) is 3.19. The minimum Gasteiger partial charge on any atom is -0.497 e. The number of ether oxygens (including phenoxy) is 2. The van der Waals surface area contributed by atoms with Crippen LogP contribution in [0.4, 0.5) is 17.2 Å². The Morgan fingerprint density at radius 2 is 1.95 bits per heavy atom. The molecule has 1 aromatic carbocycles. The number of methoxy groups -OCH3 is 2. The molecule has 0 aliphatic heterocycles. The monoisotopic (exact) mass is 323 g/mol. The largest absolute Gasteiger partial charge is 0.497 e. The summed E-state index contributed by atoms with van der Waals surface area (Å²) in [6.45, 7) is 0. The maximum absolute atomic E-state index is 5.89. The van der Waals surface area contributed by atoms with Crippen LogP contribution in [0.15, 0.2) is 34.8 Å². The number of nitrogens with one attached hydrogen (secondary N) is 1. The number of aromatic nitrogens is 1. The Morgan fingerprint density at radius 1 is 1.16 bits per heavy atom. The molecule has 0 saturated carbocycles. The van der Waals surface area contributed by atoms with E-state index in [1.165, 1.54) is 0 Å². The zero-order valence-corrected chi connectivity index (χ0v) is 12.2. The van der Waals surface area contributed by atoms with Gasteiger partial charge >= 0.3 is 0 Å². The van der Waals surface area contributed by atoms with Gasteiger partial charge in [0.2, 0.25) is 5.88 Å². The second kappa shape index (κ2) is 5.79. The smallest absolute Gasteiger partial charge is 0.215 e. The Balaban J connectivity index is 2.35. The van der Waals surface area contributed by atoms with Gasteiger partial charge < -0.3 is 20.5 Å². The van der Waals surface area contributed by atoms with Gasteiger partial charge in [0.05, 0.1) is 25.6 Å². The van der Waals surface area contributed by atoms with Gasteiger partial charge in [0.1, 0.15) is 5.75 Å². The van der Waals surface area contributed by atoms with Crippen molar-refractivity contribution in [2.75, 3.05) is 25.3 Å². The average Bonchev–Trinajstić information content (AvgIpc) is 2.43. The third-order valence-electron chi connectivity index (χ3n) is 2.54. The second-order valence-corrected chi connectivity index (χ2v) is 4.62. The molecular formula is C13H14BrN3O2. The topological polar surface area (TPSA) is 69.4 Å². The summed E-state index contributed by atoms with van der Waals surface area (Å²) in [5, 5.41) is 3.15. The molecule has 5 nitrogen and oxygen atoms in total. The minimum absolute atomic E-state index is 0.496. The Morgan fingerprint density at radius 3 is 2.63 bits per heavy atom. The van der Waals surface area contributed by atoms with Crippen molar-refractivity contribution >= 4 is 33.1 Å². The number of benzene rings is 1. The van der Waals surface area contributed by atoms with Gasteiger partial charge in [-0.1, -0.05) is 0 Å². The quantitative estimate of drug-likeness (QED) is 0.904. The molecule has 0 atom stereocenters. The van der Waals surface area contributed by atoms with Crippen molar-refractivity contribution in [1.82, 2.24) is 4.98 Å². The van der Waals surface area contributed by atoms with Crippen LogP contribution in [0.2, 0.25) is 0 Å². The summed E-state index contributed by atoms with van der Waals surface area (Å²) >= 11 is 3.46. The number of nitrogens with two attached hydrogens (primary N) is 1. The number of anilines is 3. The fourth-order valence-electron chi connectivity index (χ4n) is 1.52. The van der Waals surface area contributed by atoms with E-state index in [1.807, 2.05) is 18.2 Å². The van der Waals surface area contributed by atoms with E-state index in [0.717, 1.165) is 15.9 Å². The van der Waals surface area contributed by atoms with E-state index in [1.54, 1.807) is 26.4 Å². The van der Waals surface area contributed by atoms with Crippen molar-refractivity contribution in [2.24, 2.45) is 0 Å². The van der Waals surface area contributed by atoms with Gasteiger partial charge in [-0.2, -0.15) is 4.98 Å². The highest BCUT2D eigenvalue weighted by molar-refractivity contribution is 9.10. The molecule has 0 fully saturated rings. The van der Waals surface area contributed by atoms with E-state index < -0.39 is 0 Å². The normalized spacial score (nSPS) is 10.1. The van der Waals surface area contributed by atoms with Gasteiger partial charge in [-0.05, 0) is 34.1 Å². The Hall–Kier alpha value is -1.95. The first kappa shape index (κ1) is 13.5. The molecule has 0 unspecified atom stereocenters. The highest BCUT2D eigenvalue weighted by Gasteiger charge is 2.07. The van der Waals surface area contributed by atoms with Crippen LogP contribution in [0.3, 0.4) is 0 Å². The summed E-state index contributed by atoms with van der Waals surface area (Å²) in [7, 11) is 3.18. The lowest BCUT2D eigenvalue weighted by Crippen LogP contribution is -2.01. The molecule has 2 rings (SSSR count). The molecule has 19 heavy (non-hydrogen) atoms. The van der Waals surface area contributed by atoms with E-state index >= 15 is 0 Å². The fourth-order valence-corrected chi connectivity index (χ4v) is 1.87. The Bertz CT molecular complexity index is 539. The fraction of sp³-hybridized carbons (Fsp3) is 0.154. The lowest BCUT2D eigenvalue weighted by atomic mass is 10.3. The Labute approximate surface area is 119 Å². The van der Waals surface area contributed by atoms with Crippen molar-refractivity contribution in [3.63, 3.8) is 0 Å². The van der Waals surface area contributed by atoms with Crippen molar-refractivity contribution in [3.05, 3.63) is 34.8 Å². The van der Waals surface area contributed by atoms with Gasteiger partial charge in [-0.25, -0.2) is 0 Å². The third kappa shape index (κ3) is 3.08. The number of pyridine rings is 1. The predicted molar refractivity (Wildman–Crippen MR) is 79.2 cm³/mol. The molecule has 0 radical (unpaired) electrons. The molecular weight excluding hydrogens is 310 g/mol. The van der Waals surface area contributed by atoms with Crippen LogP contribution in [-0.2, 0) is 0 Å². The number of nitrogen functional groups attached to an aromatic ring is 1. The standard InChI is InChI=1S/C13H14BrN3O2/c1-18-8-3-4-9(14)11(7-8)16-13-10(15)5-6-12(17-13)19-2/h3-7H,15H2,1-2H3,(H,16,17). The van der Waals surface area contributed by atoms with E-state index in [-0.39, 0.29) is 0 Å². The first-order valence-corrected chi connectivity index (χ1v) is 6.34. The van der Waals surface area contributed by atoms with Gasteiger partial charge in [-0.3, -0.25) is 0 Å². The number of hydrogen-bond acceptors (Lipinski definition) is 5. The first-order valence-electron chi connectivity index (χ1n) is 5.55. The van der Waals surface area contributed by atoms with E-state index in [0.29, 0.717) is 17.4 Å². The van der Waals surface area contributed by atoms with Gasteiger partial charge in [-0.15, -0.1) is 0 Å². The highest BCUT2D eigenvalue weighted by Crippen LogP contribution is 2.31. The van der Waals surface area contributed by atoms with Crippen LogP contribution < -0.4 is 20.5 Å². The summed E-state index contributed by atoms with van der Waals surface area (Å²) in [6.07, 6.45) is 0. The minimum atomic E-state index is 0.496. The number of halogens is 1. The van der Waals surface area contributed by atoms with Gasteiger partial charge in [0.15, 0.2) is 5.82 Å². The summed E-state index contributed by atoms with van der Waals surface area (Å²) < 4.78 is 11.2. The SMILES string of the molecule is COc1ccc(Br)c(Nc2nc(OC)ccc2N)c1. The van der Waals surface area contributed by atoms with Gasteiger partial charge in [0.25, 0.3) is 0 Å². The molecule has 0 aliphatic rings. The molecule has 1 aromatic heterocycles. The van der Waals surface area contributed by atoms with Crippen LogP contribution in [0, 0.1) is 0 Å². The third-order valence-corrected chi connectivity index (χ3v) is 3.23. The van der Waals surface area contributed by atoms with Crippen molar-refractivity contribution in [2.45, 2.75) is 0 Å². The first-order chi connectivity index (χ1) is 9.13. The van der Waals surface area contributed by atoms with E-state index in [2.05, 4.69) is 26.2 Å². The zero-order chi connectivity index (χ0) is 13.8. The number of rotatable bonds is 4. The summed E-state index contributed by atoms with van der Waals surface area (Å²) in [6, 6.07) is 9.04. The van der Waals surface area contributed by atoms with Crippen LogP contribution in [0.1, 0.15) is 0 Å². The maximum atomic E-state index is 5.89. The second-order valence-electron chi connectivity index (χ2n) is 3.76. The van der Waals surface area contributed by atoms with Crippen LogP contribution in [0.5, 0.6) is 11.6 Å². The zero-order valence-electron chi connectivity index (χ0n) is 10.6. The summed E-state index contributed by atoms with van der Waals surface area (Å²) in [4.78, 5) is 4.26. The molecule has 1 heterocycles. The summed E-state index contributed by atoms with van der Waals surface area (Å²) in [5.41, 5.74) is 7.23. The van der Waals surface area contributed by atoms with E-state index in [9.17, 15) is 0 Å². The molecule has 0 saturated heterocycles. The average molecular weight is 324 g/mol. The maximum Gasteiger partial charge on any atom is 0.215 e. The molecule has 0 bridgehead atoms. The molecule has 0 amide bonds. The number of hydrogen-bond donors (Lipinski definition) is 2. The Kier molecular flexibility index (Phi) is 4.11. The van der Waals surface area contributed by atoms with Crippen LogP contribution in [-0.4, -0.2) is 19.2 Å². The molecule has 2 aromatic rings. The molecule has 100 valence electrons. The lowest BCUT2D eigenvalue weighted by Gasteiger charge is -2.12. The van der Waals surface area contributed by atoms with Crippen molar-refractivity contribution in [3.8, 4) is 11.6 Å². The molecule has 3 N–H and O–H groups in total. The van der Waals surface area contributed by atoms with Gasteiger partial charge in [0, 0.05) is 16.6 Å². The molecule has 6 heteroatoms. The van der Waals surface area contributed by atoms with E-state index in [4.69, 9.17) is 15.2 Å². The highest BCUT2D eigenvalue weighted by atomic mass is 79.9. The number of nitrogens with zero attached hydrogens (tertiary/aromatic N) is 1. The van der Waals surface area contributed by atoms with Crippen molar-refractivity contribution < 1.29 is 9.47 Å². The van der Waals surface area contributed by atoms with Crippen LogP contribution in [0.25, 0.3) is 0 Å². The lowest BCUT2D eigenvalue weighted by molar-refractivity contribution is 0.398. The molecule has 0 spiro atoms. The van der Waals surface area contributed by atoms with Crippen LogP contribution >= 0.6 is 15.9 Å². The summed E-state index contributed by atoms with van der Waals surface area (Å²) in [5.74, 6) is 1.77. The molecule has 0 aliphatic carbocycles. The van der Waals surface area contributed by atoms with Crippen molar-refractivity contribution in [1.29, 1.82) is 0 Å².